The van der Waals surface area contributed by atoms with Crippen molar-refractivity contribution < 1.29 is 14.7 Å². The van der Waals surface area contributed by atoms with E-state index in [2.05, 4.69) is 47.8 Å². The minimum Gasteiger partial charge on any atom is -0.478 e. The highest BCUT2D eigenvalue weighted by molar-refractivity contribution is 5.99. The molecule has 6 heteroatoms. The van der Waals surface area contributed by atoms with Gasteiger partial charge in [-0.2, -0.15) is 0 Å². The third-order valence-corrected chi connectivity index (χ3v) is 7.20. The number of aromatic nitrogens is 1. The molecule has 35 heavy (non-hydrogen) atoms. The van der Waals surface area contributed by atoms with Gasteiger partial charge in [0.25, 0.3) is 0 Å². The van der Waals surface area contributed by atoms with Gasteiger partial charge in [0.1, 0.15) is 6.54 Å². The lowest BCUT2D eigenvalue weighted by atomic mass is 9.81. The standard InChI is InChI=1S/C29H37N3O3/c1-30(2)16-15-20-9-8-12-22(17-20)28-27(21-10-6-5-7-11-21)24-14-13-23(29(34)35)18-25(24)32(28)19-26(33)31(3)4/h8-9,12-14,17-18,21H,5-7,10-11,15-16,19H2,1-4H3,(H,34,35). The quantitative estimate of drug-likeness (QED) is 0.483. The van der Waals surface area contributed by atoms with E-state index in [9.17, 15) is 14.7 Å². The van der Waals surface area contributed by atoms with Crippen molar-refractivity contribution in [3.8, 4) is 11.3 Å². The van der Waals surface area contributed by atoms with Crippen molar-refractivity contribution in [1.29, 1.82) is 0 Å². The summed E-state index contributed by atoms with van der Waals surface area (Å²) in [6.45, 7) is 1.14. The molecule has 186 valence electrons. The highest BCUT2D eigenvalue weighted by Crippen LogP contribution is 2.44. The molecule has 1 N–H and O–H groups in total. The number of nitrogens with zero attached hydrogens (tertiary/aromatic N) is 3. The number of rotatable bonds is 8. The molecule has 3 aromatic rings. The zero-order valence-corrected chi connectivity index (χ0v) is 21.4. The zero-order chi connectivity index (χ0) is 25.1. The average Bonchev–Trinajstić information content (AvgIpc) is 3.16. The minimum atomic E-state index is -0.954. The zero-order valence-electron chi connectivity index (χ0n) is 21.4. The highest BCUT2D eigenvalue weighted by Gasteiger charge is 2.28. The average molecular weight is 476 g/mol. The summed E-state index contributed by atoms with van der Waals surface area (Å²) in [5.41, 5.74) is 5.77. The van der Waals surface area contributed by atoms with Crippen molar-refractivity contribution >= 4 is 22.8 Å². The van der Waals surface area contributed by atoms with Crippen molar-refractivity contribution in [3.63, 3.8) is 0 Å². The Labute approximate surface area is 208 Å². The third kappa shape index (κ3) is 5.43. The van der Waals surface area contributed by atoms with E-state index in [4.69, 9.17) is 0 Å². The van der Waals surface area contributed by atoms with Gasteiger partial charge in [-0.15, -0.1) is 0 Å². The number of amides is 1. The Hall–Kier alpha value is -3.12. The Bertz CT molecular complexity index is 1220. The van der Waals surface area contributed by atoms with Crippen molar-refractivity contribution in [3.05, 3.63) is 59.2 Å². The maximum atomic E-state index is 13.0. The molecule has 1 aliphatic rings. The number of carbonyl (C=O) groups is 2. The first kappa shape index (κ1) is 25.0. The molecule has 0 unspecified atom stereocenters. The second-order valence-electron chi connectivity index (χ2n) is 10.3. The molecular weight excluding hydrogens is 438 g/mol. The molecule has 4 rings (SSSR count). The van der Waals surface area contributed by atoms with Crippen molar-refractivity contribution in [2.45, 2.75) is 51.0 Å². The second-order valence-corrected chi connectivity index (χ2v) is 10.3. The van der Waals surface area contributed by atoms with E-state index >= 15 is 0 Å². The fraction of sp³-hybridized carbons (Fsp3) is 0.448. The van der Waals surface area contributed by atoms with Crippen LogP contribution in [0.5, 0.6) is 0 Å². The van der Waals surface area contributed by atoms with Crippen LogP contribution in [0, 0.1) is 0 Å². The summed E-state index contributed by atoms with van der Waals surface area (Å²) < 4.78 is 2.07. The lowest BCUT2D eigenvalue weighted by Crippen LogP contribution is -2.26. The van der Waals surface area contributed by atoms with Crippen molar-refractivity contribution in [2.75, 3.05) is 34.7 Å². The van der Waals surface area contributed by atoms with Gasteiger partial charge < -0.3 is 19.5 Å². The molecular formula is C29H37N3O3. The number of fused-ring (bicyclic) bond motifs is 1. The highest BCUT2D eigenvalue weighted by atomic mass is 16.4. The molecule has 6 nitrogen and oxygen atoms in total. The van der Waals surface area contributed by atoms with Crippen LogP contribution < -0.4 is 0 Å². The summed E-state index contributed by atoms with van der Waals surface area (Å²) >= 11 is 0. The van der Waals surface area contributed by atoms with Gasteiger partial charge >= 0.3 is 5.97 Å². The number of aromatic carboxylic acids is 1. The molecule has 0 aliphatic heterocycles. The van der Waals surface area contributed by atoms with Gasteiger partial charge in [0.2, 0.25) is 5.91 Å². The van der Waals surface area contributed by atoms with Gasteiger partial charge in [0.15, 0.2) is 0 Å². The van der Waals surface area contributed by atoms with Crippen LogP contribution in [-0.2, 0) is 17.8 Å². The molecule has 0 saturated heterocycles. The number of carbonyl (C=O) groups excluding carboxylic acids is 1. The maximum absolute atomic E-state index is 13.0. The van der Waals surface area contributed by atoms with Crippen molar-refractivity contribution in [2.24, 2.45) is 0 Å². The largest absolute Gasteiger partial charge is 0.478 e. The number of carboxylic acid groups (broad SMARTS) is 1. The molecule has 0 atom stereocenters. The number of benzene rings is 2. The second kappa shape index (κ2) is 10.6. The summed E-state index contributed by atoms with van der Waals surface area (Å²) in [4.78, 5) is 28.6. The van der Waals surface area contributed by atoms with Gasteiger partial charge in [-0.05, 0) is 74.2 Å². The fourth-order valence-electron chi connectivity index (χ4n) is 5.29. The summed E-state index contributed by atoms with van der Waals surface area (Å²) in [5.74, 6) is -0.564. The monoisotopic (exact) mass is 475 g/mol. The first-order chi connectivity index (χ1) is 16.8. The Balaban J connectivity index is 1.97. The molecule has 1 aromatic heterocycles. The van der Waals surface area contributed by atoms with E-state index in [1.165, 1.54) is 30.4 Å². The number of hydrogen-bond acceptors (Lipinski definition) is 3. The molecule has 1 fully saturated rings. The van der Waals surface area contributed by atoms with Gasteiger partial charge in [0, 0.05) is 26.0 Å². The van der Waals surface area contributed by atoms with Crippen molar-refractivity contribution in [1.82, 2.24) is 14.4 Å². The maximum Gasteiger partial charge on any atom is 0.335 e. The van der Waals surface area contributed by atoms with E-state index < -0.39 is 5.97 Å². The van der Waals surface area contributed by atoms with Crippen LogP contribution in [0.15, 0.2) is 42.5 Å². The van der Waals surface area contributed by atoms with Crippen LogP contribution in [0.25, 0.3) is 22.2 Å². The summed E-state index contributed by atoms with van der Waals surface area (Å²) in [6.07, 6.45) is 6.84. The van der Waals surface area contributed by atoms with Crippen LogP contribution in [0.1, 0.15) is 59.5 Å². The van der Waals surface area contributed by atoms with Gasteiger partial charge in [-0.3, -0.25) is 4.79 Å². The molecule has 1 heterocycles. The fourth-order valence-corrected chi connectivity index (χ4v) is 5.29. The first-order valence-electron chi connectivity index (χ1n) is 12.6. The lowest BCUT2D eigenvalue weighted by molar-refractivity contribution is -0.129. The Morgan fingerprint density at radius 2 is 1.74 bits per heavy atom. The van der Waals surface area contributed by atoms with Crippen LogP contribution in [0.3, 0.4) is 0 Å². The first-order valence-corrected chi connectivity index (χ1v) is 12.6. The van der Waals surface area contributed by atoms with Crippen LogP contribution in [-0.4, -0.2) is 66.1 Å². The molecule has 1 amide bonds. The number of carboxylic acids is 1. The van der Waals surface area contributed by atoms with E-state index in [0.29, 0.717) is 5.92 Å². The molecule has 2 aromatic carbocycles. The normalized spacial score (nSPS) is 14.5. The smallest absolute Gasteiger partial charge is 0.335 e. The molecule has 0 bridgehead atoms. The van der Waals surface area contributed by atoms with Crippen LogP contribution >= 0.6 is 0 Å². The Kier molecular flexibility index (Phi) is 7.60. The number of likely N-dealkylation sites (N-methyl/N-ethyl adjacent to an activating group) is 2. The van der Waals surface area contributed by atoms with E-state index in [0.717, 1.165) is 48.0 Å². The lowest BCUT2D eigenvalue weighted by Gasteiger charge is -2.24. The van der Waals surface area contributed by atoms with E-state index in [1.807, 2.05) is 6.07 Å². The summed E-state index contributed by atoms with van der Waals surface area (Å²) in [6, 6.07) is 14.0. The van der Waals surface area contributed by atoms with E-state index in [-0.39, 0.29) is 18.0 Å². The SMILES string of the molecule is CN(C)CCc1cccc(-c2c(C3CCCCC3)c3ccc(C(=O)O)cc3n2CC(=O)N(C)C)c1. The summed E-state index contributed by atoms with van der Waals surface area (Å²) in [5, 5.41) is 10.8. The van der Waals surface area contributed by atoms with Gasteiger partial charge in [0.05, 0.1) is 16.8 Å². The topological polar surface area (TPSA) is 65.8 Å². The Morgan fingerprint density at radius 1 is 1.00 bits per heavy atom. The predicted octanol–water partition coefficient (Wildman–Crippen LogP) is 5.25. The van der Waals surface area contributed by atoms with Gasteiger partial charge in [-0.1, -0.05) is 43.5 Å². The predicted molar refractivity (Wildman–Crippen MR) is 141 cm³/mol. The summed E-state index contributed by atoms with van der Waals surface area (Å²) in [7, 11) is 7.69. The number of hydrogen-bond donors (Lipinski definition) is 1. The van der Waals surface area contributed by atoms with Crippen LogP contribution in [0.2, 0.25) is 0 Å². The van der Waals surface area contributed by atoms with Gasteiger partial charge in [-0.25, -0.2) is 4.79 Å². The molecule has 1 aliphatic carbocycles. The Morgan fingerprint density at radius 3 is 2.40 bits per heavy atom. The third-order valence-electron chi connectivity index (χ3n) is 7.20. The molecule has 0 spiro atoms. The molecule has 0 radical (unpaired) electrons. The molecule has 1 saturated carbocycles. The van der Waals surface area contributed by atoms with Crippen LogP contribution in [0.4, 0.5) is 0 Å². The van der Waals surface area contributed by atoms with E-state index in [1.54, 1.807) is 31.1 Å². The minimum absolute atomic E-state index is 0.0113.